The predicted molar refractivity (Wildman–Crippen MR) is 99.4 cm³/mol. The maximum Gasteiger partial charge on any atom is 0.344 e. The van der Waals surface area contributed by atoms with E-state index in [9.17, 15) is 4.79 Å². The molecular weight excluding hydrogens is 362 g/mol. The Bertz CT molecular complexity index is 981. The van der Waals surface area contributed by atoms with E-state index in [4.69, 9.17) is 23.5 Å². The Hall–Kier alpha value is -3.48. The maximum absolute atomic E-state index is 11.9. The second-order valence-corrected chi connectivity index (χ2v) is 6.31. The van der Waals surface area contributed by atoms with Crippen LogP contribution in [0.3, 0.4) is 0 Å². The van der Waals surface area contributed by atoms with E-state index in [-0.39, 0.29) is 13.2 Å². The van der Waals surface area contributed by atoms with Crippen molar-refractivity contribution in [1.29, 1.82) is 0 Å². The van der Waals surface area contributed by atoms with Crippen LogP contribution < -0.4 is 14.2 Å². The molecule has 0 saturated carbocycles. The van der Waals surface area contributed by atoms with Gasteiger partial charge >= 0.3 is 5.97 Å². The number of aryl methyl sites for hydroxylation is 1. The maximum atomic E-state index is 11.9. The van der Waals surface area contributed by atoms with Crippen molar-refractivity contribution >= 4 is 5.97 Å². The van der Waals surface area contributed by atoms with E-state index in [0.717, 1.165) is 11.1 Å². The molecule has 1 aliphatic rings. The first-order valence-electron chi connectivity index (χ1n) is 8.88. The molecule has 2 heterocycles. The first-order chi connectivity index (χ1) is 13.7. The summed E-state index contributed by atoms with van der Waals surface area (Å²) in [5.41, 5.74) is 2.37. The van der Waals surface area contributed by atoms with Crippen LogP contribution in [0.25, 0.3) is 11.3 Å². The number of nitrogens with zero attached hydrogens (tertiary/aromatic N) is 1. The summed E-state index contributed by atoms with van der Waals surface area (Å²) in [5, 5.41) is 3.94. The van der Waals surface area contributed by atoms with Crippen molar-refractivity contribution in [1.82, 2.24) is 5.16 Å². The van der Waals surface area contributed by atoms with Crippen molar-refractivity contribution in [3.63, 3.8) is 0 Å². The van der Waals surface area contributed by atoms with Crippen molar-refractivity contribution in [3.8, 4) is 28.6 Å². The number of fused-ring (bicyclic) bond motifs is 1. The van der Waals surface area contributed by atoms with Crippen LogP contribution in [-0.4, -0.2) is 30.9 Å². The quantitative estimate of drug-likeness (QED) is 0.604. The molecular formula is C21H19NO6. The summed E-state index contributed by atoms with van der Waals surface area (Å²) in [6.07, 6.45) is 0. The molecule has 0 bridgehead atoms. The van der Waals surface area contributed by atoms with Gasteiger partial charge in [0.05, 0.1) is 0 Å². The van der Waals surface area contributed by atoms with E-state index in [0.29, 0.717) is 41.9 Å². The lowest BCUT2D eigenvalue weighted by Gasteiger charge is -2.18. The van der Waals surface area contributed by atoms with Gasteiger partial charge in [-0.1, -0.05) is 17.3 Å². The lowest BCUT2D eigenvalue weighted by atomic mass is 10.1. The molecule has 0 spiro atoms. The van der Waals surface area contributed by atoms with E-state index in [2.05, 4.69) is 5.16 Å². The van der Waals surface area contributed by atoms with Crippen LogP contribution in [0.15, 0.2) is 53.1 Å². The van der Waals surface area contributed by atoms with Crippen LogP contribution in [0.5, 0.6) is 17.2 Å². The number of aromatic nitrogens is 1. The Balaban J connectivity index is 1.31. The zero-order valence-corrected chi connectivity index (χ0v) is 15.3. The van der Waals surface area contributed by atoms with Gasteiger partial charge in [0.25, 0.3) is 0 Å². The summed E-state index contributed by atoms with van der Waals surface area (Å²) in [7, 11) is 0. The highest BCUT2D eigenvalue weighted by molar-refractivity contribution is 5.71. The van der Waals surface area contributed by atoms with E-state index < -0.39 is 5.97 Å². The molecule has 7 heteroatoms. The summed E-state index contributed by atoms with van der Waals surface area (Å²) < 4.78 is 27.0. The molecule has 2 aromatic carbocycles. The minimum absolute atomic E-state index is 0.00403. The SMILES string of the molecule is Cc1cccc(OCC(=O)OCc2cc(-c3ccc4c(c3)OCCO4)on2)c1. The van der Waals surface area contributed by atoms with Gasteiger partial charge in [-0.2, -0.15) is 0 Å². The van der Waals surface area contributed by atoms with E-state index >= 15 is 0 Å². The highest BCUT2D eigenvalue weighted by Gasteiger charge is 2.15. The van der Waals surface area contributed by atoms with Gasteiger partial charge in [0, 0.05) is 11.6 Å². The van der Waals surface area contributed by atoms with Gasteiger partial charge in [-0.3, -0.25) is 0 Å². The molecule has 144 valence electrons. The second-order valence-electron chi connectivity index (χ2n) is 6.31. The minimum atomic E-state index is -0.481. The molecule has 0 fully saturated rings. The lowest BCUT2D eigenvalue weighted by Crippen LogP contribution is -2.15. The third kappa shape index (κ3) is 4.25. The number of carbonyl (C=O) groups is 1. The number of ether oxygens (including phenoxy) is 4. The Morgan fingerprint density at radius 2 is 1.93 bits per heavy atom. The normalized spacial score (nSPS) is 12.5. The van der Waals surface area contributed by atoms with Crippen LogP contribution >= 0.6 is 0 Å². The summed E-state index contributed by atoms with van der Waals surface area (Å²) >= 11 is 0. The summed E-state index contributed by atoms with van der Waals surface area (Å²) in [4.78, 5) is 11.9. The number of hydrogen-bond acceptors (Lipinski definition) is 7. The van der Waals surface area contributed by atoms with E-state index in [1.165, 1.54) is 0 Å². The van der Waals surface area contributed by atoms with Gasteiger partial charge in [0.15, 0.2) is 23.9 Å². The van der Waals surface area contributed by atoms with E-state index in [1.807, 2.05) is 43.3 Å². The zero-order chi connectivity index (χ0) is 19.3. The standard InChI is InChI=1S/C21H19NO6/c1-14-3-2-4-17(9-14)26-13-21(23)27-12-16-11-19(28-22-16)15-5-6-18-20(10-15)25-8-7-24-18/h2-6,9-11H,7-8,12-13H2,1H3. The molecule has 0 amide bonds. The summed E-state index contributed by atoms with van der Waals surface area (Å²) in [5.74, 6) is 2.07. The van der Waals surface area contributed by atoms with Crippen molar-refractivity contribution in [2.75, 3.05) is 19.8 Å². The minimum Gasteiger partial charge on any atom is -0.486 e. The van der Waals surface area contributed by atoms with Gasteiger partial charge in [-0.05, 0) is 42.8 Å². The fourth-order valence-corrected chi connectivity index (χ4v) is 2.76. The third-order valence-electron chi connectivity index (χ3n) is 4.11. The predicted octanol–water partition coefficient (Wildman–Crippen LogP) is 3.54. The van der Waals surface area contributed by atoms with E-state index in [1.54, 1.807) is 12.1 Å². The van der Waals surface area contributed by atoms with Crippen molar-refractivity contribution in [3.05, 3.63) is 59.8 Å². The third-order valence-corrected chi connectivity index (χ3v) is 4.11. The second kappa shape index (κ2) is 8.04. The summed E-state index contributed by atoms with van der Waals surface area (Å²) in [6, 6.07) is 14.7. The molecule has 1 aliphatic heterocycles. The smallest absolute Gasteiger partial charge is 0.344 e. The van der Waals surface area contributed by atoms with Gasteiger partial charge < -0.3 is 23.5 Å². The highest BCUT2D eigenvalue weighted by atomic mass is 16.6. The number of benzene rings is 2. The van der Waals surface area contributed by atoms with Crippen molar-refractivity contribution in [2.45, 2.75) is 13.5 Å². The average molecular weight is 381 g/mol. The fraction of sp³-hybridized carbons (Fsp3) is 0.238. The van der Waals surface area contributed by atoms with Crippen LogP contribution in [-0.2, 0) is 16.1 Å². The van der Waals surface area contributed by atoms with Gasteiger partial charge in [0.1, 0.15) is 31.3 Å². The molecule has 1 aromatic heterocycles. The highest BCUT2D eigenvalue weighted by Crippen LogP contribution is 2.34. The molecule has 7 nitrogen and oxygen atoms in total. The topological polar surface area (TPSA) is 80.0 Å². The molecule has 0 N–H and O–H groups in total. The monoisotopic (exact) mass is 381 g/mol. The molecule has 3 aromatic rings. The van der Waals surface area contributed by atoms with Crippen LogP contribution in [0.1, 0.15) is 11.3 Å². The van der Waals surface area contributed by atoms with Gasteiger partial charge in [0.2, 0.25) is 0 Å². The largest absolute Gasteiger partial charge is 0.486 e. The van der Waals surface area contributed by atoms with Gasteiger partial charge in [-0.25, -0.2) is 4.79 Å². The Morgan fingerprint density at radius 1 is 1.07 bits per heavy atom. The zero-order valence-electron chi connectivity index (χ0n) is 15.3. The molecule has 0 atom stereocenters. The average Bonchev–Trinajstić information content (AvgIpc) is 3.19. The van der Waals surface area contributed by atoms with Gasteiger partial charge in [-0.15, -0.1) is 0 Å². The first kappa shape index (κ1) is 17.9. The molecule has 0 radical (unpaired) electrons. The number of esters is 1. The molecule has 28 heavy (non-hydrogen) atoms. The summed E-state index contributed by atoms with van der Waals surface area (Å²) in [6.45, 7) is 2.84. The van der Waals surface area contributed by atoms with Crippen LogP contribution in [0.4, 0.5) is 0 Å². The van der Waals surface area contributed by atoms with Crippen LogP contribution in [0.2, 0.25) is 0 Å². The number of rotatable bonds is 6. The molecule has 0 saturated heterocycles. The Morgan fingerprint density at radius 3 is 2.79 bits per heavy atom. The fourth-order valence-electron chi connectivity index (χ4n) is 2.76. The van der Waals surface area contributed by atoms with Crippen LogP contribution in [0, 0.1) is 6.92 Å². The number of carbonyl (C=O) groups excluding carboxylic acids is 1. The first-order valence-corrected chi connectivity index (χ1v) is 8.88. The Labute approximate surface area is 161 Å². The molecule has 0 unspecified atom stereocenters. The number of hydrogen-bond donors (Lipinski definition) is 0. The molecule has 0 aliphatic carbocycles. The van der Waals surface area contributed by atoms with Crippen molar-refractivity contribution < 1.29 is 28.3 Å². The Kier molecular flexibility index (Phi) is 5.14. The lowest BCUT2D eigenvalue weighted by molar-refractivity contribution is -0.147. The van der Waals surface area contributed by atoms with Crippen molar-refractivity contribution in [2.24, 2.45) is 0 Å². The molecule has 4 rings (SSSR count).